The maximum Gasteiger partial charge on any atom is 0.239 e. The van der Waals surface area contributed by atoms with E-state index in [1.807, 2.05) is 0 Å². The SMILES string of the molecule is CC(C)CC1CN=C(NC(C)C(N)=O)S1. The highest BCUT2D eigenvalue weighted by atomic mass is 32.2. The molecule has 0 bridgehead atoms. The van der Waals surface area contributed by atoms with Crippen LogP contribution >= 0.6 is 11.8 Å². The highest BCUT2D eigenvalue weighted by Gasteiger charge is 2.22. The number of hydrogen-bond donors (Lipinski definition) is 2. The molecule has 0 aromatic carbocycles. The van der Waals surface area contributed by atoms with E-state index in [0.717, 1.165) is 18.1 Å². The number of nitrogens with zero attached hydrogens (tertiary/aromatic N) is 1. The molecular formula is C10H19N3OS. The number of hydrogen-bond acceptors (Lipinski definition) is 4. The summed E-state index contributed by atoms with van der Waals surface area (Å²) < 4.78 is 0. The first-order chi connectivity index (χ1) is 6.99. The molecule has 0 spiro atoms. The minimum atomic E-state index is -0.342. The first-order valence-corrected chi connectivity index (χ1v) is 6.14. The number of aliphatic imine (C=N–C) groups is 1. The number of carbonyl (C=O) groups is 1. The first kappa shape index (κ1) is 12.4. The van der Waals surface area contributed by atoms with E-state index in [2.05, 4.69) is 24.2 Å². The van der Waals surface area contributed by atoms with Crippen LogP contribution in [0.25, 0.3) is 0 Å². The molecule has 0 radical (unpaired) electrons. The molecule has 15 heavy (non-hydrogen) atoms. The Kier molecular flexibility index (Phi) is 4.45. The second-order valence-corrected chi connectivity index (χ2v) is 5.57. The molecule has 2 atom stereocenters. The molecule has 3 N–H and O–H groups in total. The molecular weight excluding hydrogens is 210 g/mol. The van der Waals surface area contributed by atoms with Gasteiger partial charge in [0, 0.05) is 5.25 Å². The second-order valence-electron chi connectivity index (χ2n) is 4.28. The van der Waals surface area contributed by atoms with E-state index in [4.69, 9.17) is 5.73 Å². The maximum absolute atomic E-state index is 10.8. The summed E-state index contributed by atoms with van der Waals surface area (Å²) in [6.07, 6.45) is 1.16. The smallest absolute Gasteiger partial charge is 0.239 e. The zero-order chi connectivity index (χ0) is 11.4. The average Bonchev–Trinajstić information content (AvgIpc) is 2.51. The third-order valence-electron chi connectivity index (χ3n) is 2.22. The van der Waals surface area contributed by atoms with Gasteiger partial charge >= 0.3 is 0 Å². The van der Waals surface area contributed by atoms with Crippen LogP contribution in [0, 0.1) is 5.92 Å². The van der Waals surface area contributed by atoms with Crippen molar-refractivity contribution in [1.29, 1.82) is 0 Å². The number of rotatable bonds is 4. The van der Waals surface area contributed by atoms with Gasteiger partial charge < -0.3 is 11.1 Å². The summed E-state index contributed by atoms with van der Waals surface area (Å²) in [5, 5.41) is 4.42. The Bertz CT molecular complexity index is 265. The number of nitrogens with one attached hydrogen (secondary N) is 1. The van der Waals surface area contributed by atoms with Gasteiger partial charge in [-0.25, -0.2) is 0 Å². The van der Waals surface area contributed by atoms with Crippen molar-refractivity contribution in [3.05, 3.63) is 0 Å². The zero-order valence-corrected chi connectivity index (χ0v) is 10.3. The van der Waals surface area contributed by atoms with Crippen LogP contribution in [-0.2, 0) is 4.79 Å². The van der Waals surface area contributed by atoms with E-state index in [9.17, 15) is 4.79 Å². The van der Waals surface area contributed by atoms with Crippen LogP contribution < -0.4 is 11.1 Å². The number of amidine groups is 1. The predicted molar refractivity (Wildman–Crippen MR) is 64.9 cm³/mol. The van der Waals surface area contributed by atoms with E-state index >= 15 is 0 Å². The standard InChI is InChI=1S/C10H19N3OS/c1-6(2)4-8-5-12-10(15-8)13-7(3)9(11)14/h6-8H,4-5H2,1-3H3,(H2,11,14)(H,12,13). The van der Waals surface area contributed by atoms with Gasteiger partial charge in [-0.2, -0.15) is 0 Å². The third kappa shape index (κ3) is 4.11. The molecule has 1 aliphatic heterocycles. The Morgan fingerprint density at radius 1 is 1.67 bits per heavy atom. The van der Waals surface area contributed by atoms with Crippen molar-refractivity contribution in [2.45, 2.75) is 38.5 Å². The highest BCUT2D eigenvalue weighted by Crippen LogP contribution is 2.25. The first-order valence-electron chi connectivity index (χ1n) is 5.26. The van der Waals surface area contributed by atoms with Gasteiger partial charge in [0.1, 0.15) is 6.04 Å². The molecule has 5 heteroatoms. The molecule has 86 valence electrons. The molecule has 0 aliphatic carbocycles. The van der Waals surface area contributed by atoms with Crippen LogP contribution in [0.5, 0.6) is 0 Å². The van der Waals surface area contributed by atoms with E-state index in [0.29, 0.717) is 11.2 Å². The van der Waals surface area contributed by atoms with Crippen molar-refractivity contribution in [3.63, 3.8) is 0 Å². The number of carbonyl (C=O) groups excluding carboxylic acids is 1. The molecule has 0 fully saturated rings. The molecule has 0 aromatic rings. The minimum absolute atomic E-state index is 0.339. The maximum atomic E-state index is 10.8. The van der Waals surface area contributed by atoms with Crippen LogP contribution in [0.2, 0.25) is 0 Å². The quantitative estimate of drug-likeness (QED) is 0.754. The van der Waals surface area contributed by atoms with Crippen LogP contribution in [0.1, 0.15) is 27.2 Å². The normalized spacial score (nSPS) is 22.7. The molecule has 0 saturated heterocycles. The fourth-order valence-corrected chi connectivity index (χ4v) is 2.74. The Morgan fingerprint density at radius 2 is 2.33 bits per heavy atom. The average molecular weight is 229 g/mol. The molecule has 2 unspecified atom stereocenters. The van der Waals surface area contributed by atoms with Crippen LogP contribution in [-0.4, -0.2) is 28.9 Å². The molecule has 0 saturated carbocycles. The molecule has 4 nitrogen and oxygen atoms in total. The molecule has 0 aromatic heterocycles. The summed E-state index contributed by atoms with van der Waals surface area (Å²) in [6, 6.07) is -0.339. The zero-order valence-electron chi connectivity index (χ0n) is 9.49. The Balaban J connectivity index is 2.32. The summed E-state index contributed by atoms with van der Waals surface area (Å²) in [4.78, 5) is 15.2. The van der Waals surface area contributed by atoms with Gasteiger partial charge in [0.15, 0.2) is 5.17 Å². The van der Waals surface area contributed by atoms with E-state index < -0.39 is 0 Å². The summed E-state index contributed by atoms with van der Waals surface area (Å²) in [5.74, 6) is 0.344. The van der Waals surface area contributed by atoms with Gasteiger partial charge in [0.2, 0.25) is 5.91 Å². The Morgan fingerprint density at radius 3 is 2.87 bits per heavy atom. The van der Waals surface area contributed by atoms with Crippen LogP contribution in [0.4, 0.5) is 0 Å². The number of nitrogens with two attached hydrogens (primary N) is 1. The topological polar surface area (TPSA) is 67.5 Å². The van der Waals surface area contributed by atoms with Gasteiger partial charge in [-0.3, -0.25) is 9.79 Å². The lowest BCUT2D eigenvalue weighted by molar-refractivity contribution is -0.119. The predicted octanol–water partition coefficient (Wildman–Crippen LogP) is 0.967. The van der Waals surface area contributed by atoms with Gasteiger partial charge in [0.05, 0.1) is 6.54 Å². The number of amides is 1. The molecule has 1 rings (SSSR count). The summed E-state index contributed by atoms with van der Waals surface area (Å²) in [6.45, 7) is 7.01. The number of primary amides is 1. The van der Waals surface area contributed by atoms with Crippen LogP contribution in [0.3, 0.4) is 0 Å². The second kappa shape index (κ2) is 5.39. The van der Waals surface area contributed by atoms with Crippen molar-refractivity contribution in [3.8, 4) is 0 Å². The fourth-order valence-electron chi connectivity index (χ4n) is 1.40. The van der Waals surface area contributed by atoms with E-state index in [-0.39, 0.29) is 11.9 Å². The Hall–Kier alpha value is -0.710. The fraction of sp³-hybridized carbons (Fsp3) is 0.800. The lowest BCUT2D eigenvalue weighted by Gasteiger charge is -2.13. The van der Waals surface area contributed by atoms with Crippen molar-refractivity contribution in [1.82, 2.24) is 5.32 Å². The van der Waals surface area contributed by atoms with E-state index in [1.165, 1.54) is 0 Å². The highest BCUT2D eigenvalue weighted by molar-refractivity contribution is 8.14. The summed E-state index contributed by atoms with van der Waals surface area (Å²) in [7, 11) is 0. The monoisotopic (exact) mass is 229 g/mol. The third-order valence-corrected chi connectivity index (χ3v) is 3.36. The molecule has 1 aliphatic rings. The van der Waals surface area contributed by atoms with Crippen molar-refractivity contribution in [2.75, 3.05) is 6.54 Å². The summed E-state index contributed by atoms with van der Waals surface area (Å²) >= 11 is 1.72. The van der Waals surface area contributed by atoms with Gasteiger partial charge in [-0.1, -0.05) is 25.6 Å². The van der Waals surface area contributed by atoms with Gasteiger partial charge in [0.25, 0.3) is 0 Å². The van der Waals surface area contributed by atoms with Gasteiger partial charge in [-0.15, -0.1) is 0 Å². The van der Waals surface area contributed by atoms with Crippen molar-refractivity contribution >= 4 is 22.8 Å². The number of thioether (sulfide) groups is 1. The van der Waals surface area contributed by atoms with Gasteiger partial charge in [-0.05, 0) is 19.3 Å². The summed E-state index contributed by atoms with van der Waals surface area (Å²) in [5.41, 5.74) is 5.16. The van der Waals surface area contributed by atoms with Crippen molar-refractivity contribution in [2.24, 2.45) is 16.6 Å². The lowest BCUT2D eigenvalue weighted by Crippen LogP contribution is -2.40. The van der Waals surface area contributed by atoms with Crippen LogP contribution in [0.15, 0.2) is 4.99 Å². The molecule has 1 amide bonds. The lowest BCUT2D eigenvalue weighted by atomic mass is 10.1. The molecule has 1 heterocycles. The minimum Gasteiger partial charge on any atom is -0.368 e. The van der Waals surface area contributed by atoms with E-state index in [1.54, 1.807) is 18.7 Å². The Labute approximate surface area is 95.1 Å². The largest absolute Gasteiger partial charge is 0.368 e. The van der Waals surface area contributed by atoms with Crippen molar-refractivity contribution < 1.29 is 4.79 Å².